The molecule has 120 valence electrons. The van der Waals surface area contributed by atoms with E-state index in [0.29, 0.717) is 6.04 Å². The summed E-state index contributed by atoms with van der Waals surface area (Å²) < 4.78 is 29.0. The van der Waals surface area contributed by atoms with Crippen LogP contribution in [0.1, 0.15) is 49.3 Å². The summed E-state index contributed by atoms with van der Waals surface area (Å²) in [5.41, 5.74) is 1.97. The van der Waals surface area contributed by atoms with Crippen LogP contribution in [0.3, 0.4) is 0 Å². The fourth-order valence-electron chi connectivity index (χ4n) is 3.05. The molecule has 0 spiro atoms. The summed E-state index contributed by atoms with van der Waals surface area (Å²) in [4.78, 5) is 12.0. The Kier molecular flexibility index (Phi) is 4.45. The second-order valence-electron chi connectivity index (χ2n) is 5.93. The molecule has 0 bridgehead atoms. The fourth-order valence-corrected chi connectivity index (χ4v) is 3.05. The predicted molar refractivity (Wildman–Crippen MR) is 78.1 cm³/mol. The van der Waals surface area contributed by atoms with Crippen molar-refractivity contribution in [2.75, 3.05) is 0 Å². The number of nitrogens with one attached hydrogen (secondary N) is 2. The van der Waals surface area contributed by atoms with Crippen molar-refractivity contribution in [1.29, 1.82) is 0 Å². The molecule has 1 atom stereocenters. The van der Waals surface area contributed by atoms with Gasteiger partial charge in [-0.15, -0.1) is 0 Å². The van der Waals surface area contributed by atoms with Gasteiger partial charge >= 0.3 is 12.6 Å². The van der Waals surface area contributed by atoms with Gasteiger partial charge in [0, 0.05) is 6.04 Å². The first-order valence-corrected chi connectivity index (χ1v) is 7.76. The number of fused-ring (bicyclic) bond motifs is 1. The SMILES string of the molecule is O=C(NC1CCC1)NC1CCCc2cc(OC(F)F)ccc21. The van der Waals surface area contributed by atoms with Crippen LogP contribution in [0, 0.1) is 0 Å². The molecule has 1 saturated carbocycles. The van der Waals surface area contributed by atoms with E-state index in [1.165, 1.54) is 12.5 Å². The van der Waals surface area contributed by atoms with Crippen LogP contribution in [-0.2, 0) is 6.42 Å². The molecule has 3 rings (SSSR count). The third-order valence-electron chi connectivity index (χ3n) is 4.40. The molecule has 2 amide bonds. The molecule has 22 heavy (non-hydrogen) atoms. The zero-order valence-corrected chi connectivity index (χ0v) is 12.3. The number of aryl methyl sites for hydroxylation is 1. The highest BCUT2D eigenvalue weighted by Gasteiger charge is 2.25. The Bertz CT molecular complexity index is 547. The predicted octanol–water partition coefficient (Wildman–Crippen LogP) is 3.52. The van der Waals surface area contributed by atoms with Gasteiger partial charge in [0.1, 0.15) is 5.75 Å². The van der Waals surface area contributed by atoms with Crippen molar-refractivity contribution in [3.63, 3.8) is 0 Å². The number of hydrogen-bond acceptors (Lipinski definition) is 2. The molecule has 4 nitrogen and oxygen atoms in total. The van der Waals surface area contributed by atoms with Crippen molar-refractivity contribution < 1.29 is 18.3 Å². The van der Waals surface area contributed by atoms with Crippen LogP contribution in [-0.4, -0.2) is 18.7 Å². The average molecular weight is 310 g/mol. The smallest absolute Gasteiger partial charge is 0.387 e. The zero-order chi connectivity index (χ0) is 15.5. The molecule has 1 aromatic carbocycles. The summed E-state index contributed by atoms with van der Waals surface area (Å²) in [6, 6.07) is 5.05. The van der Waals surface area contributed by atoms with Crippen LogP contribution < -0.4 is 15.4 Å². The molecular formula is C16H20F2N2O2. The third kappa shape index (κ3) is 3.48. The van der Waals surface area contributed by atoms with Crippen molar-refractivity contribution in [3.8, 4) is 5.75 Å². The second kappa shape index (κ2) is 6.50. The van der Waals surface area contributed by atoms with Gasteiger partial charge in [-0.1, -0.05) is 6.07 Å². The maximum Gasteiger partial charge on any atom is 0.387 e. The van der Waals surface area contributed by atoms with Crippen LogP contribution in [0.5, 0.6) is 5.75 Å². The second-order valence-corrected chi connectivity index (χ2v) is 5.93. The monoisotopic (exact) mass is 310 g/mol. The number of halogens is 2. The Balaban J connectivity index is 1.66. The van der Waals surface area contributed by atoms with Gasteiger partial charge in [-0.3, -0.25) is 0 Å². The molecule has 1 fully saturated rings. The van der Waals surface area contributed by atoms with Crippen LogP contribution >= 0.6 is 0 Å². The summed E-state index contributed by atoms with van der Waals surface area (Å²) >= 11 is 0. The summed E-state index contributed by atoms with van der Waals surface area (Å²) in [5.74, 6) is 0.174. The Morgan fingerprint density at radius 2 is 2.00 bits per heavy atom. The highest BCUT2D eigenvalue weighted by molar-refractivity contribution is 5.75. The maximum absolute atomic E-state index is 12.3. The lowest BCUT2D eigenvalue weighted by atomic mass is 9.87. The van der Waals surface area contributed by atoms with E-state index in [9.17, 15) is 13.6 Å². The molecule has 0 saturated heterocycles. The van der Waals surface area contributed by atoms with Gasteiger partial charge in [-0.05, 0) is 61.8 Å². The number of urea groups is 1. The van der Waals surface area contributed by atoms with E-state index in [0.717, 1.165) is 43.2 Å². The number of ether oxygens (including phenoxy) is 1. The summed E-state index contributed by atoms with van der Waals surface area (Å²) in [5, 5.41) is 5.95. The minimum Gasteiger partial charge on any atom is -0.435 e. The first-order valence-electron chi connectivity index (χ1n) is 7.76. The number of hydrogen-bond donors (Lipinski definition) is 2. The number of benzene rings is 1. The fraction of sp³-hybridized carbons (Fsp3) is 0.562. The van der Waals surface area contributed by atoms with Crippen LogP contribution in [0.15, 0.2) is 18.2 Å². The maximum atomic E-state index is 12.3. The van der Waals surface area contributed by atoms with E-state index in [4.69, 9.17) is 0 Å². The molecule has 6 heteroatoms. The van der Waals surface area contributed by atoms with Gasteiger partial charge in [0.25, 0.3) is 0 Å². The Morgan fingerprint density at radius 3 is 2.68 bits per heavy atom. The Labute approximate surface area is 128 Å². The molecular weight excluding hydrogens is 290 g/mol. The minimum atomic E-state index is -2.82. The van der Waals surface area contributed by atoms with Crippen molar-refractivity contribution >= 4 is 6.03 Å². The zero-order valence-electron chi connectivity index (χ0n) is 12.3. The van der Waals surface area contributed by atoms with Gasteiger partial charge in [-0.2, -0.15) is 8.78 Å². The van der Waals surface area contributed by atoms with Crippen LogP contribution in [0.4, 0.5) is 13.6 Å². The van der Waals surface area contributed by atoms with Crippen LogP contribution in [0.25, 0.3) is 0 Å². The molecule has 0 aromatic heterocycles. The third-order valence-corrected chi connectivity index (χ3v) is 4.40. The lowest BCUT2D eigenvalue weighted by Gasteiger charge is -2.30. The van der Waals surface area contributed by atoms with Crippen LogP contribution in [0.2, 0.25) is 0 Å². The number of rotatable bonds is 4. The highest BCUT2D eigenvalue weighted by atomic mass is 19.3. The number of carbonyl (C=O) groups is 1. The van der Waals surface area contributed by atoms with Gasteiger partial charge in [-0.25, -0.2) is 4.79 Å². The lowest BCUT2D eigenvalue weighted by Crippen LogP contribution is -2.46. The molecule has 2 aliphatic carbocycles. The summed E-state index contributed by atoms with van der Waals surface area (Å²) in [6.45, 7) is -2.82. The Hall–Kier alpha value is -1.85. The van der Waals surface area contributed by atoms with E-state index in [1.54, 1.807) is 12.1 Å². The van der Waals surface area contributed by atoms with Crippen molar-refractivity contribution in [3.05, 3.63) is 29.3 Å². The normalized spacial score (nSPS) is 21.0. The van der Waals surface area contributed by atoms with Gasteiger partial charge in [0.15, 0.2) is 0 Å². The van der Waals surface area contributed by atoms with Crippen molar-refractivity contribution in [1.82, 2.24) is 10.6 Å². The van der Waals surface area contributed by atoms with Gasteiger partial charge in [0.05, 0.1) is 6.04 Å². The molecule has 2 N–H and O–H groups in total. The van der Waals surface area contributed by atoms with E-state index in [2.05, 4.69) is 15.4 Å². The molecule has 1 aromatic rings. The largest absolute Gasteiger partial charge is 0.435 e. The first kappa shape index (κ1) is 15.1. The molecule has 2 aliphatic rings. The van der Waals surface area contributed by atoms with E-state index in [1.807, 2.05) is 0 Å². The molecule has 0 radical (unpaired) electrons. The minimum absolute atomic E-state index is 0.0653. The average Bonchev–Trinajstić information content (AvgIpc) is 2.42. The Morgan fingerprint density at radius 1 is 1.18 bits per heavy atom. The number of alkyl halides is 2. The van der Waals surface area contributed by atoms with E-state index < -0.39 is 6.61 Å². The van der Waals surface area contributed by atoms with E-state index in [-0.39, 0.29) is 17.8 Å². The standard InChI is InChI=1S/C16H20F2N2O2/c17-15(18)22-12-7-8-13-10(9-12)3-1-6-14(13)20-16(21)19-11-4-2-5-11/h7-9,11,14-15H,1-6H2,(H2,19,20,21). The quantitative estimate of drug-likeness (QED) is 0.894. The summed E-state index contributed by atoms with van der Waals surface area (Å²) in [6.07, 6.45) is 5.86. The summed E-state index contributed by atoms with van der Waals surface area (Å²) in [7, 11) is 0. The van der Waals surface area contributed by atoms with E-state index >= 15 is 0 Å². The first-order chi connectivity index (χ1) is 10.6. The number of amides is 2. The molecule has 0 heterocycles. The lowest BCUT2D eigenvalue weighted by molar-refractivity contribution is -0.0499. The van der Waals surface area contributed by atoms with Gasteiger partial charge < -0.3 is 15.4 Å². The van der Waals surface area contributed by atoms with Gasteiger partial charge in [0.2, 0.25) is 0 Å². The molecule has 1 unspecified atom stereocenters. The molecule has 0 aliphatic heterocycles. The topological polar surface area (TPSA) is 50.4 Å². The highest BCUT2D eigenvalue weighted by Crippen LogP contribution is 2.32. The van der Waals surface area contributed by atoms with Crippen molar-refractivity contribution in [2.24, 2.45) is 0 Å². The van der Waals surface area contributed by atoms with Crippen molar-refractivity contribution in [2.45, 2.75) is 57.2 Å². The number of carbonyl (C=O) groups excluding carboxylic acids is 1.